The van der Waals surface area contributed by atoms with E-state index in [1.54, 1.807) is 6.07 Å². The van der Waals surface area contributed by atoms with Gasteiger partial charge in [-0.25, -0.2) is 8.42 Å². The normalized spacial score (nSPS) is 11.3. The summed E-state index contributed by atoms with van der Waals surface area (Å²) < 4.78 is 24.4. The first-order chi connectivity index (χ1) is 8.43. The first kappa shape index (κ1) is 12.3. The van der Waals surface area contributed by atoms with Crippen LogP contribution in [0, 0.1) is 0 Å². The number of phenols is 3. The molecule has 0 unspecified atom stereocenters. The summed E-state index contributed by atoms with van der Waals surface area (Å²) in [7, 11) is -4.03. The van der Waals surface area contributed by atoms with Crippen LogP contribution in [0.15, 0.2) is 52.3 Å². The van der Waals surface area contributed by atoms with Crippen molar-refractivity contribution < 1.29 is 23.7 Å². The Hall–Kier alpha value is -2.21. The van der Waals surface area contributed by atoms with Crippen molar-refractivity contribution in [1.82, 2.24) is 0 Å². The number of hydrogen-bond donors (Lipinski definition) is 3. The van der Waals surface area contributed by atoms with Gasteiger partial charge in [0, 0.05) is 12.1 Å². The molecule has 2 aromatic carbocycles. The summed E-state index contributed by atoms with van der Waals surface area (Å²) in [5, 5.41) is 28.3. The van der Waals surface area contributed by atoms with Gasteiger partial charge in [-0.2, -0.15) is 0 Å². The molecule has 0 atom stereocenters. The van der Waals surface area contributed by atoms with Crippen LogP contribution in [0.5, 0.6) is 17.2 Å². The molecule has 0 bridgehead atoms. The number of phenolic OH excluding ortho intramolecular Hbond substituents is 3. The predicted molar refractivity (Wildman–Crippen MR) is 63.3 cm³/mol. The molecule has 0 heterocycles. The van der Waals surface area contributed by atoms with Gasteiger partial charge in [0.2, 0.25) is 9.84 Å². The molecule has 18 heavy (non-hydrogen) atoms. The molecule has 0 fully saturated rings. The summed E-state index contributed by atoms with van der Waals surface area (Å²) in [5.74, 6) is -1.82. The Morgan fingerprint density at radius 1 is 0.833 bits per heavy atom. The number of hydrogen-bond acceptors (Lipinski definition) is 5. The molecule has 0 radical (unpaired) electrons. The Kier molecular flexibility index (Phi) is 2.88. The first-order valence-corrected chi connectivity index (χ1v) is 6.46. The summed E-state index contributed by atoms with van der Waals surface area (Å²) >= 11 is 0. The molecule has 0 spiro atoms. The van der Waals surface area contributed by atoms with Gasteiger partial charge in [0.15, 0.2) is 4.90 Å². The van der Waals surface area contributed by atoms with E-state index in [4.69, 9.17) is 5.11 Å². The third kappa shape index (κ3) is 1.98. The lowest BCUT2D eigenvalue weighted by molar-refractivity contribution is 0.407. The van der Waals surface area contributed by atoms with E-state index in [-0.39, 0.29) is 4.90 Å². The topological polar surface area (TPSA) is 94.8 Å². The van der Waals surface area contributed by atoms with Crippen molar-refractivity contribution in [2.45, 2.75) is 9.79 Å². The molecule has 2 aromatic rings. The molecule has 0 aliphatic rings. The summed E-state index contributed by atoms with van der Waals surface area (Å²) in [6.45, 7) is 0. The van der Waals surface area contributed by atoms with Crippen molar-refractivity contribution in [3.05, 3.63) is 42.5 Å². The molecule has 0 saturated heterocycles. The van der Waals surface area contributed by atoms with E-state index >= 15 is 0 Å². The van der Waals surface area contributed by atoms with Gasteiger partial charge >= 0.3 is 0 Å². The molecule has 3 N–H and O–H groups in total. The average Bonchev–Trinajstić information content (AvgIpc) is 2.28. The molecule has 0 aliphatic carbocycles. The van der Waals surface area contributed by atoms with E-state index in [0.29, 0.717) is 0 Å². The Balaban J connectivity index is 2.70. The zero-order valence-electron chi connectivity index (χ0n) is 9.11. The van der Waals surface area contributed by atoms with Crippen LogP contribution in [0.4, 0.5) is 0 Å². The molecule has 2 rings (SSSR count). The predicted octanol–water partition coefficient (Wildman–Crippen LogP) is 1.64. The molecule has 0 aliphatic heterocycles. The van der Waals surface area contributed by atoms with E-state index in [9.17, 15) is 18.6 Å². The highest BCUT2D eigenvalue weighted by Crippen LogP contribution is 2.38. The van der Waals surface area contributed by atoms with Gasteiger partial charge in [-0.3, -0.25) is 0 Å². The highest BCUT2D eigenvalue weighted by molar-refractivity contribution is 7.91. The molecule has 5 nitrogen and oxygen atoms in total. The standard InChI is InChI=1S/C12H10O5S/c13-8-6-10(14)12(11(15)7-8)18(16,17)9-4-2-1-3-5-9/h1-7,13-15H. The monoisotopic (exact) mass is 266 g/mol. The number of rotatable bonds is 2. The zero-order valence-corrected chi connectivity index (χ0v) is 9.92. The second kappa shape index (κ2) is 4.23. The maximum Gasteiger partial charge on any atom is 0.213 e. The second-order valence-electron chi connectivity index (χ2n) is 3.63. The van der Waals surface area contributed by atoms with Gasteiger partial charge in [0.25, 0.3) is 0 Å². The van der Waals surface area contributed by atoms with E-state index in [2.05, 4.69) is 0 Å². The van der Waals surface area contributed by atoms with Crippen LogP contribution < -0.4 is 0 Å². The summed E-state index contributed by atoms with van der Waals surface area (Å²) in [6.07, 6.45) is 0. The summed E-state index contributed by atoms with van der Waals surface area (Å²) in [6, 6.07) is 9.12. The molecule has 94 valence electrons. The fourth-order valence-corrected chi connectivity index (χ4v) is 3.00. The fourth-order valence-electron chi connectivity index (χ4n) is 1.58. The van der Waals surface area contributed by atoms with Gasteiger partial charge in [-0.15, -0.1) is 0 Å². The van der Waals surface area contributed by atoms with Crippen LogP contribution in [0.3, 0.4) is 0 Å². The van der Waals surface area contributed by atoms with Crippen LogP contribution in [0.2, 0.25) is 0 Å². The van der Waals surface area contributed by atoms with Crippen molar-refractivity contribution in [1.29, 1.82) is 0 Å². The molecular weight excluding hydrogens is 256 g/mol. The molecule has 0 saturated carbocycles. The summed E-state index contributed by atoms with van der Waals surface area (Å²) in [4.78, 5) is -0.673. The minimum Gasteiger partial charge on any atom is -0.508 e. The van der Waals surface area contributed by atoms with Gasteiger partial charge in [-0.1, -0.05) is 18.2 Å². The highest BCUT2D eigenvalue weighted by Gasteiger charge is 2.25. The average molecular weight is 266 g/mol. The van der Waals surface area contributed by atoms with Crippen molar-refractivity contribution in [2.75, 3.05) is 0 Å². The fraction of sp³-hybridized carbons (Fsp3) is 0. The summed E-state index contributed by atoms with van der Waals surface area (Å²) in [5.41, 5.74) is 0. The van der Waals surface area contributed by atoms with Crippen LogP contribution in [-0.2, 0) is 9.84 Å². The van der Waals surface area contributed by atoms with Gasteiger partial charge < -0.3 is 15.3 Å². The van der Waals surface area contributed by atoms with Gasteiger partial charge in [0.1, 0.15) is 17.2 Å². The van der Waals surface area contributed by atoms with E-state index in [0.717, 1.165) is 12.1 Å². The Morgan fingerprint density at radius 3 is 1.83 bits per heavy atom. The van der Waals surface area contributed by atoms with Gasteiger partial charge in [0.05, 0.1) is 4.90 Å². The number of sulfone groups is 1. The van der Waals surface area contributed by atoms with Crippen LogP contribution in [0.25, 0.3) is 0 Å². The maximum absolute atomic E-state index is 12.2. The van der Waals surface area contributed by atoms with Crippen LogP contribution >= 0.6 is 0 Å². The highest BCUT2D eigenvalue weighted by atomic mass is 32.2. The van der Waals surface area contributed by atoms with E-state index in [1.807, 2.05) is 0 Å². The minimum absolute atomic E-state index is 0.0544. The van der Waals surface area contributed by atoms with Crippen molar-refractivity contribution in [2.24, 2.45) is 0 Å². The first-order valence-electron chi connectivity index (χ1n) is 4.98. The number of benzene rings is 2. The lowest BCUT2D eigenvalue weighted by atomic mass is 10.3. The minimum atomic E-state index is -4.03. The van der Waals surface area contributed by atoms with Crippen LogP contribution in [0.1, 0.15) is 0 Å². The second-order valence-corrected chi connectivity index (χ2v) is 5.52. The quantitative estimate of drug-likeness (QED) is 0.768. The third-order valence-corrected chi connectivity index (χ3v) is 4.21. The Morgan fingerprint density at radius 2 is 1.33 bits per heavy atom. The molecule has 0 amide bonds. The SMILES string of the molecule is O=S(=O)(c1ccccc1)c1c(O)cc(O)cc1O. The molecular formula is C12H10O5S. The largest absolute Gasteiger partial charge is 0.508 e. The smallest absolute Gasteiger partial charge is 0.213 e. The molecule has 0 aromatic heterocycles. The van der Waals surface area contributed by atoms with Crippen molar-refractivity contribution in [3.63, 3.8) is 0 Å². The van der Waals surface area contributed by atoms with E-state index < -0.39 is 32.0 Å². The van der Waals surface area contributed by atoms with Crippen molar-refractivity contribution >= 4 is 9.84 Å². The third-order valence-electron chi connectivity index (χ3n) is 2.36. The Bertz CT molecular complexity index is 654. The van der Waals surface area contributed by atoms with Crippen LogP contribution in [-0.4, -0.2) is 23.7 Å². The van der Waals surface area contributed by atoms with Crippen molar-refractivity contribution in [3.8, 4) is 17.2 Å². The maximum atomic E-state index is 12.2. The van der Waals surface area contributed by atoms with Gasteiger partial charge in [-0.05, 0) is 12.1 Å². The molecule has 6 heteroatoms. The number of aromatic hydroxyl groups is 3. The lowest BCUT2D eigenvalue weighted by Crippen LogP contribution is -2.02. The Labute approximate surface area is 103 Å². The van der Waals surface area contributed by atoms with E-state index in [1.165, 1.54) is 24.3 Å². The zero-order chi connectivity index (χ0) is 13.3. The lowest BCUT2D eigenvalue weighted by Gasteiger charge is -2.09.